The van der Waals surface area contributed by atoms with Crippen LogP contribution >= 0.6 is 15.9 Å². The Labute approximate surface area is 170 Å². The number of carbonyl (C=O) groups is 2. The molecule has 0 spiro atoms. The van der Waals surface area contributed by atoms with E-state index in [4.69, 9.17) is 9.47 Å². The Morgan fingerprint density at radius 1 is 1.11 bits per heavy atom. The summed E-state index contributed by atoms with van der Waals surface area (Å²) in [4.78, 5) is 23.9. The van der Waals surface area contributed by atoms with Gasteiger partial charge in [-0.3, -0.25) is 4.79 Å². The molecule has 0 fully saturated rings. The summed E-state index contributed by atoms with van der Waals surface area (Å²) >= 11 is 3.37. The lowest BCUT2D eigenvalue weighted by Gasteiger charge is -2.11. The Hall–Kier alpha value is -3.31. The Morgan fingerprint density at radius 3 is 2.32 bits per heavy atom. The van der Waals surface area contributed by atoms with E-state index in [1.54, 1.807) is 24.3 Å². The molecule has 0 aliphatic rings. The number of rotatable bonds is 6. The summed E-state index contributed by atoms with van der Waals surface area (Å²) in [6, 6.07) is 11.4. The van der Waals surface area contributed by atoms with Gasteiger partial charge in [0.05, 0.1) is 31.4 Å². The Bertz CT molecular complexity index is 962. The lowest BCUT2D eigenvalue weighted by atomic mass is 10.1. The second-order valence-corrected chi connectivity index (χ2v) is 6.29. The van der Waals surface area contributed by atoms with Crippen LogP contribution in [-0.2, 0) is 9.53 Å². The highest BCUT2D eigenvalue weighted by Crippen LogP contribution is 2.36. The second-order valence-electron chi connectivity index (χ2n) is 5.43. The first-order valence-corrected chi connectivity index (χ1v) is 8.75. The quantitative estimate of drug-likeness (QED) is 0.413. The minimum Gasteiger partial charge on any atom is -0.493 e. The predicted octanol–water partition coefficient (Wildman–Crippen LogP) is 3.80. The fourth-order valence-corrected chi connectivity index (χ4v) is 2.96. The maximum Gasteiger partial charge on any atom is 0.337 e. The van der Waals surface area contributed by atoms with Crippen molar-refractivity contribution < 1.29 is 23.8 Å². The molecule has 0 saturated carbocycles. The summed E-state index contributed by atoms with van der Waals surface area (Å²) in [6.45, 7) is 0. The Kier molecular flexibility index (Phi) is 7.18. The summed E-state index contributed by atoms with van der Waals surface area (Å²) in [5, 5.41) is 12.0. The highest BCUT2D eigenvalue weighted by Gasteiger charge is 2.14. The van der Waals surface area contributed by atoms with Crippen molar-refractivity contribution in [2.24, 2.45) is 0 Å². The van der Waals surface area contributed by atoms with Crippen molar-refractivity contribution in [3.63, 3.8) is 0 Å². The molecule has 0 radical (unpaired) electrons. The molecule has 1 N–H and O–H groups in total. The molecule has 0 aliphatic carbocycles. The number of hydrogen-bond acceptors (Lipinski definition) is 6. The van der Waals surface area contributed by atoms with Gasteiger partial charge in [-0.25, -0.2) is 4.79 Å². The molecule has 144 valence electrons. The molecule has 0 heterocycles. The molecule has 28 heavy (non-hydrogen) atoms. The zero-order valence-electron chi connectivity index (χ0n) is 15.4. The Morgan fingerprint density at radius 2 is 1.79 bits per heavy atom. The van der Waals surface area contributed by atoms with E-state index in [1.807, 2.05) is 6.07 Å². The number of benzene rings is 2. The van der Waals surface area contributed by atoms with Gasteiger partial charge in [0, 0.05) is 5.69 Å². The number of amides is 1. The van der Waals surface area contributed by atoms with Gasteiger partial charge in [0.1, 0.15) is 11.6 Å². The summed E-state index contributed by atoms with van der Waals surface area (Å²) in [5.74, 6) is -0.0960. The number of methoxy groups -OCH3 is 3. The van der Waals surface area contributed by atoms with E-state index < -0.39 is 11.9 Å². The molecule has 0 saturated heterocycles. The first-order chi connectivity index (χ1) is 13.4. The predicted molar refractivity (Wildman–Crippen MR) is 107 cm³/mol. The van der Waals surface area contributed by atoms with Gasteiger partial charge in [-0.15, -0.1) is 0 Å². The summed E-state index contributed by atoms with van der Waals surface area (Å²) < 4.78 is 15.8. The van der Waals surface area contributed by atoms with Crippen LogP contribution in [0, 0.1) is 11.3 Å². The SMILES string of the molecule is COC(=O)c1ccc(NC(=O)/C(C#N)=C/c2cc(Br)c(OC)c(OC)c2)cc1. The molecule has 7 nitrogen and oxygen atoms in total. The highest BCUT2D eigenvalue weighted by molar-refractivity contribution is 9.10. The van der Waals surface area contributed by atoms with Crippen molar-refractivity contribution in [2.45, 2.75) is 0 Å². The van der Waals surface area contributed by atoms with E-state index in [1.165, 1.54) is 39.5 Å². The van der Waals surface area contributed by atoms with Crippen LogP contribution in [0.1, 0.15) is 15.9 Å². The Balaban J connectivity index is 2.25. The van der Waals surface area contributed by atoms with Gasteiger partial charge < -0.3 is 19.5 Å². The number of nitrogens with one attached hydrogen (secondary N) is 1. The van der Waals surface area contributed by atoms with Gasteiger partial charge in [0.25, 0.3) is 5.91 Å². The molecule has 0 bridgehead atoms. The van der Waals surface area contributed by atoms with Crippen LogP contribution in [0.15, 0.2) is 46.4 Å². The third kappa shape index (κ3) is 4.90. The van der Waals surface area contributed by atoms with Gasteiger partial charge >= 0.3 is 5.97 Å². The van der Waals surface area contributed by atoms with Crippen LogP contribution in [0.4, 0.5) is 5.69 Å². The molecule has 0 aromatic heterocycles. The van der Waals surface area contributed by atoms with Crippen molar-refractivity contribution in [3.8, 4) is 17.6 Å². The maximum atomic E-state index is 12.4. The van der Waals surface area contributed by atoms with Crippen molar-refractivity contribution in [1.29, 1.82) is 5.26 Å². The van der Waals surface area contributed by atoms with Crippen molar-refractivity contribution in [3.05, 3.63) is 57.6 Å². The van der Waals surface area contributed by atoms with E-state index in [0.29, 0.717) is 32.8 Å². The number of hydrogen-bond donors (Lipinski definition) is 1. The van der Waals surface area contributed by atoms with Crippen molar-refractivity contribution in [2.75, 3.05) is 26.6 Å². The smallest absolute Gasteiger partial charge is 0.337 e. The second kappa shape index (κ2) is 9.58. The zero-order valence-corrected chi connectivity index (χ0v) is 17.0. The third-order valence-corrected chi connectivity index (χ3v) is 4.28. The monoisotopic (exact) mass is 444 g/mol. The van der Waals surface area contributed by atoms with E-state index in [2.05, 4.69) is 26.0 Å². The summed E-state index contributed by atoms with van der Waals surface area (Å²) in [6.07, 6.45) is 1.44. The number of anilines is 1. The van der Waals surface area contributed by atoms with Crippen LogP contribution in [-0.4, -0.2) is 33.2 Å². The molecule has 8 heteroatoms. The highest BCUT2D eigenvalue weighted by atomic mass is 79.9. The summed E-state index contributed by atoms with van der Waals surface area (Å²) in [7, 11) is 4.29. The van der Waals surface area contributed by atoms with Gasteiger partial charge in [0.2, 0.25) is 0 Å². The number of nitrogens with zero attached hydrogens (tertiary/aromatic N) is 1. The molecular formula is C20H17BrN2O5. The summed E-state index contributed by atoms with van der Waals surface area (Å²) in [5.41, 5.74) is 1.27. The molecular weight excluding hydrogens is 428 g/mol. The normalized spacial score (nSPS) is 10.6. The lowest BCUT2D eigenvalue weighted by molar-refractivity contribution is -0.112. The van der Waals surface area contributed by atoms with Crippen LogP contribution in [0.5, 0.6) is 11.5 Å². The maximum absolute atomic E-state index is 12.4. The van der Waals surface area contributed by atoms with Crippen LogP contribution in [0.25, 0.3) is 6.08 Å². The van der Waals surface area contributed by atoms with Gasteiger partial charge in [-0.1, -0.05) is 0 Å². The fourth-order valence-electron chi connectivity index (χ4n) is 2.34. The van der Waals surface area contributed by atoms with Crippen molar-refractivity contribution in [1.82, 2.24) is 0 Å². The molecule has 1 amide bonds. The molecule has 0 aliphatic heterocycles. The number of carbonyl (C=O) groups excluding carboxylic acids is 2. The van der Waals surface area contributed by atoms with E-state index >= 15 is 0 Å². The third-order valence-electron chi connectivity index (χ3n) is 3.70. The van der Waals surface area contributed by atoms with E-state index in [-0.39, 0.29) is 5.57 Å². The minimum atomic E-state index is -0.584. The molecule has 0 unspecified atom stereocenters. The van der Waals surface area contributed by atoms with Crippen LogP contribution in [0.2, 0.25) is 0 Å². The number of nitriles is 1. The minimum absolute atomic E-state index is 0.101. The largest absolute Gasteiger partial charge is 0.493 e. The van der Waals surface area contributed by atoms with E-state index in [9.17, 15) is 14.9 Å². The zero-order chi connectivity index (χ0) is 20.7. The first kappa shape index (κ1) is 21.0. The van der Waals surface area contributed by atoms with E-state index in [0.717, 1.165) is 0 Å². The molecule has 2 aromatic carbocycles. The standard InChI is InChI=1S/C20H17BrN2O5/c1-26-17-10-12(9-16(21)18(17)27-2)8-14(11-22)19(24)23-15-6-4-13(5-7-15)20(25)28-3/h4-10H,1-3H3,(H,23,24)/b14-8+. The van der Waals surface area contributed by atoms with Crippen LogP contribution in [0.3, 0.4) is 0 Å². The topological polar surface area (TPSA) is 97.7 Å². The average molecular weight is 445 g/mol. The molecule has 2 rings (SSSR count). The van der Waals surface area contributed by atoms with Gasteiger partial charge in [0.15, 0.2) is 11.5 Å². The molecule has 2 aromatic rings. The number of ether oxygens (including phenoxy) is 3. The van der Waals surface area contributed by atoms with Crippen molar-refractivity contribution >= 4 is 39.6 Å². The van der Waals surface area contributed by atoms with Crippen LogP contribution < -0.4 is 14.8 Å². The first-order valence-electron chi connectivity index (χ1n) is 7.96. The average Bonchev–Trinajstić information content (AvgIpc) is 2.71. The lowest BCUT2D eigenvalue weighted by Crippen LogP contribution is -2.13. The number of esters is 1. The van der Waals surface area contributed by atoms with Gasteiger partial charge in [-0.05, 0) is 64.0 Å². The molecule has 0 atom stereocenters. The number of halogens is 1. The van der Waals surface area contributed by atoms with Gasteiger partial charge in [-0.2, -0.15) is 5.26 Å². The fraction of sp³-hybridized carbons (Fsp3) is 0.150.